The van der Waals surface area contributed by atoms with E-state index < -0.39 is 11.3 Å². The standard InChI is InChI=1S/C19H13NO4/c1-10-6-18(21)23-16-5-3-11(7-14(10)16)15-8-12-2-4-13(20)9-17(12)24-19(15)22/h2-9H,20H2,1H3. The van der Waals surface area contributed by atoms with Crippen molar-refractivity contribution in [3.63, 3.8) is 0 Å². The molecule has 0 fully saturated rings. The van der Waals surface area contributed by atoms with Crippen LogP contribution in [-0.4, -0.2) is 0 Å². The third kappa shape index (κ3) is 2.27. The van der Waals surface area contributed by atoms with E-state index in [9.17, 15) is 9.59 Å². The summed E-state index contributed by atoms with van der Waals surface area (Å²) in [6.45, 7) is 1.83. The van der Waals surface area contributed by atoms with Gasteiger partial charge in [-0.2, -0.15) is 0 Å². The van der Waals surface area contributed by atoms with Gasteiger partial charge < -0.3 is 14.6 Å². The first kappa shape index (κ1) is 14.3. The van der Waals surface area contributed by atoms with Crippen molar-refractivity contribution in [1.29, 1.82) is 0 Å². The van der Waals surface area contributed by atoms with Gasteiger partial charge in [-0.05, 0) is 48.4 Å². The zero-order chi connectivity index (χ0) is 16.8. The van der Waals surface area contributed by atoms with Crippen molar-refractivity contribution in [1.82, 2.24) is 0 Å². The van der Waals surface area contributed by atoms with Crippen LogP contribution in [-0.2, 0) is 0 Å². The highest BCUT2D eigenvalue weighted by Crippen LogP contribution is 2.26. The van der Waals surface area contributed by atoms with Crippen LogP contribution >= 0.6 is 0 Å². The van der Waals surface area contributed by atoms with Gasteiger partial charge in [0.15, 0.2) is 0 Å². The van der Waals surface area contributed by atoms with Crippen LogP contribution in [0.1, 0.15) is 5.56 Å². The summed E-state index contributed by atoms with van der Waals surface area (Å²) < 4.78 is 10.6. The number of fused-ring (bicyclic) bond motifs is 2. The fraction of sp³-hybridized carbons (Fsp3) is 0.0526. The molecule has 118 valence electrons. The maximum Gasteiger partial charge on any atom is 0.344 e. The average molecular weight is 319 g/mol. The van der Waals surface area contributed by atoms with Gasteiger partial charge in [0.2, 0.25) is 0 Å². The van der Waals surface area contributed by atoms with E-state index in [-0.39, 0.29) is 0 Å². The fourth-order valence-electron chi connectivity index (χ4n) is 2.82. The van der Waals surface area contributed by atoms with Gasteiger partial charge in [0.05, 0.1) is 5.56 Å². The van der Waals surface area contributed by atoms with Crippen molar-refractivity contribution >= 4 is 27.6 Å². The van der Waals surface area contributed by atoms with E-state index in [1.54, 1.807) is 30.3 Å². The molecule has 2 N–H and O–H groups in total. The molecule has 0 atom stereocenters. The Labute approximate surface area is 135 Å². The van der Waals surface area contributed by atoms with Crippen LogP contribution in [0.2, 0.25) is 0 Å². The second kappa shape index (κ2) is 5.09. The van der Waals surface area contributed by atoms with E-state index in [0.717, 1.165) is 16.3 Å². The summed E-state index contributed by atoms with van der Waals surface area (Å²) in [5, 5.41) is 1.57. The second-order valence-electron chi connectivity index (χ2n) is 5.70. The molecule has 0 radical (unpaired) electrons. The van der Waals surface area contributed by atoms with E-state index in [2.05, 4.69) is 0 Å². The summed E-state index contributed by atoms with van der Waals surface area (Å²) >= 11 is 0. The van der Waals surface area contributed by atoms with E-state index in [0.29, 0.717) is 28.0 Å². The number of benzene rings is 2. The van der Waals surface area contributed by atoms with Gasteiger partial charge in [-0.3, -0.25) is 0 Å². The molecule has 2 aromatic carbocycles. The lowest BCUT2D eigenvalue weighted by molar-refractivity contribution is 0.559. The van der Waals surface area contributed by atoms with Crippen LogP contribution in [0.3, 0.4) is 0 Å². The number of nitrogen functional groups attached to an aromatic ring is 1. The van der Waals surface area contributed by atoms with Crippen LogP contribution in [0.4, 0.5) is 5.69 Å². The first-order chi connectivity index (χ1) is 11.5. The summed E-state index contributed by atoms with van der Waals surface area (Å²) in [6.07, 6.45) is 0. The van der Waals surface area contributed by atoms with Crippen molar-refractivity contribution in [3.05, 3.63) is 74.9 Å². The van der Waals surface area contributed by atoms with Gasteiger partial charge in [0, 0.05) is 28.6 Å². The van der Waals surface area contributed by atoms with Gasteiger partial charge in [-0.25, -0.2) is 9.59 Å². The average Bonchev–Trinajstić information content (AvgIpc) is 2.54. The van der Waals surface area contributed by atoms with Gasteiger partial charge >= 0.3 is 11.3 Å². The summed E-state index contributed by atoms with van der Waals surface area (Å²) in [7, 11) is 0. The van der Waals surface area contributed by atoms with Crippen molar-refractivity contribution in [2.45, 2.75) is 6.92 Å². The van der Waals surface area contributed by atoms with Crippen molar-refractivity contribution in [2.24, 2.45) is 0 Å². The Balaban J connectivity index is 1.98. The highest BCUT2D eigenvalue weighted by Gasteiger charge is 2.10. The van der Waals surface area contributed by atoms with Gasteiger partial charge in [-0.15, -0.1) is 0 Å². The summed E-state index contributed by atoms with van der Waals surface area (Å²) in [4.78, 5) is 23.8. The van der Waals surface area contributed by atoms with E-state index >= 15 is 0 Å². The lowest BCUT2D eigenvalue weighted by Crippen LogP contribution is -2.03. The predicted octanol–water partition coefficient (Wildman–Crippen LogP) is 3.46. The highest BCUT2D eigenvalue weighted by molar-refractivity contribution is 5.88. The minimum Gasteiger partial charge on any atom is -0.423 e. The SMILES string of the molecule is Cc1cc(=O)oc2ccc(-c3cc4ccc(N)cc4oc3=O)cc12. The normalized spacial score (nSPS) is 11.2. The minimum atomic E-state index is -0.442. The van der Waals surface area contributed by atoms with Crippen LogP contribution in [0, 0.1) is 6.92 Å². The monoisotopic (exact) mass is 319 g/mol. The molecule has 0 bridgehead atoms. The topological polar surface area (TPSA) is 86.4 Å². The van der Waals surface area contributed by atoms with Crippen molar-refractivity contribution < 1.29 is 8.83 Å². The first-order valence-electron chi connectivity index (χ1n) is 7.39. The Hall–Kier alpha value is -3.34. The zero-order valence-corrected chi connectivity index (χ0v) is 12.8. The molecule has 0 aliphatic rings. The minimum absolute atomic E-state index is 0.393. The third-order valence-corrected chi connectivity index (χ3v) is 4.02. The van der Waals surface area contributed by atoms with Crippen LogP contribution < -0.4 is 17.0 Å². The molecule has 24 heavy (non-hydrogen) atoms. The summed E-state index contributed by atoms with van der Waals surface area (Å²) in [6, 6.07) is 13.6. The molecule has 0 unspecified atom stereocenters. The number of aryl methyl sites for hydroxylation is 1. The second-order valence-corrected chi connectivity index (χ2v) is 5.70. The van der Waals surface area contributed by atoms with Crippen LogP contribution in [0.25, 0.3) is 33.1 Å². The van der Waals surface area contributed by atoms with Crippen LogP contribution in [0.5, 0.6) is 0 Å². The number of rotatable bonds is 1. The quantitative estimate of drug-likeness (QED) is 0.429. The molecule has 5 heteroatoms. The Bertz CT molecular complexity index is 1220. The Morgan fingerprint density at radius 1 is 0.875 bits per heavy atom. The van der Waals surface area contributed by atoms with Crippen LogP contribution in [0.15, 0.2) is 67.0 Å². The smallest absolute Gasteiger partial charge is 0.344 e. The number of anilines is 1. The molecule has 0 spiro atoms. The highest BCUT2D eigenvalue weighted by atomic mass is 16.4. The summed E-state index contributed by atoms with van der Waals surface area (Å²) in [5.74, 6) is 0. The largest absolute Gasteiger partial charge is 0.423 e. The van der Waals surface area contributed by atoms with E-state index in [1.807, 2.05) is 19.1 Å². The van der Waals surface area contributed by atoms with Gasteiger partial charge in [0.25, 0.3) is 0 Å². The Morgan fingerprint density at radius 2 is 1.71 bits per heavy atom. The molecule has 4 aromatic rings. The van der Waals surface area contributed by atoms with E-state index in [4.69, 9.17) is 14.6 Å². The van der Waals surface area contributed by atoms with E-state index in [1.165, 1.54) is 6.07 Å². The van der Waals surface area contributed by atoms with Gasteiger partial charge in [0.1, 0.15) is 11.2 Å². The lowest BCUT2D eigenvalue weighted by atomic mass is 10.0. The van der Waals surface area contributed by atoms with Crippen molar-refractivity contribution in [3.8, 4) is 11.1 Å². The summed E-state index contributed by atoms with van der Waals surface area (Å²) in [5.41, 5.74) is 8.29. The molecular formula is C19H13NO4. The molecule has 0 aliphatic heterocycles. The fourth-order valence-corrected chi connectivity index (χ4v) is 2.82. The number of nitrogens with two attached hydrogens (primary N) is 1. The first-order valence-corrected chi connectivity index (χ1v) is 7.39. The Morgan fingerprint density at radius 3 is 2.54 bits per heavy atom. The molecule has 0 saturated carbocycles. The number of hydrogen-bond acceptors (Lipinski definition) is 5. The molecule has 0 saturated heterocycles. The lowest BCUT2D eigenvalue weighted by Gasteiger charge is -2.06. The Kier molecular flexibility index (Phi) is 3.03. The predicted molar refractivity (Wildman–Crippen MR) is 93.1 cm³/mol. The zero-order valence-electron chi connectivity index (χ0n) is 12.8. The molecule has 0 amide bonds. The third-order valence-electron chi connectivity index (χ3n) is 4.02. The maximum absolute atomic E-state index is 12.3. The molecule has 4 rings (SSSR count). The van der Waals surface area contributed by atoms with Crippen molar-refractivity contribution in [2.75, 3.05) is 5.73 Å². The molecular weight excluding hydrogens is 306 g/mol. The molecule has 2 heterocycles. The molecule has 0 aliphatic carbocycles. The number of hydrogen-bond donors (Lipinski definition) is 1. The maximum atomic E-state index is 12.3. The molecule has 5 nitrogen and oxygen atoms in total. The molecule has 2 aromatic heterocycles. The van der Waals surface area contributed by atoms with Gasteiger partial charge in [-0.1, -0.05) is 6.07 Å².